The molecule has 0 saturated heterocycles. The highest BCUT2D eigenvalue weighted by Crippen LogP contribution is 2.23. The molecule has 0 saturated carbocycles. The largest absolute Gasteiger partial charge is 0.494 e. The van der Waals surface area contributed by atoms with Gasteiger partial charge in [0.05, 0.1) is 18.0 Å². The zero-order valence-electron chi connectivity index (χ0n) is 12.3. The number of para-hydroxylation sites is 1. The highest BCUT2D eigenvalue weighted by atomic mass is 16.5. The van der Waals surface area contributed by atoms with Gasteiger partial charge in [0.25, 0.3) is 5.91 Å². The van der Waals surface area contributed by atoms with E-state index in [0.29, 0.717) is 29.3 Å². The lowest BCUT2D eigenvalue weighted by molar-refractivity contribution is 0.102. The Morgan fingerprint density at radius 2 is 2.00 bits per heavy atom. The van der Waals surface area contributed by atoms with Crippen molar-refractivity contribution in [2.75, 3.05) is 17.7 Å². The average molecular weight is 284 g/mol. The minimum absolute atomic E-state index is 0.196. The number of anilines is 2. The molecule has 2 rings (SSSR count). The van der Waals surface area contributed by atoms with Gasteiger partial charge in [0.15, 0.2) is 0 Å². The van der Waals surface area contributed by atoms with Gasteiger partial charge in [-0.05, 0) is 43.2 Å². The third kappa shape index (κ3) is 3.75. The first-order chi connectivity index (χ1) is 10.1. The molecule has 0 aliphatic rings. The van der Waals surface area contributed by atoms with Crippen molar-refractivity contribution in [3.63, 3.8) is 0 Å². The van der Waals surface area contributed by atoms with Gasteiger partial charge < -0.3 is 15.8 Å². The number of benzene rings is 2. The van der Waals surface area contributed by atoms with E-state index in [1.807, 2.05) is 32.0 Å². The van der Waals surface area contributed by atoms with Crippen LogP contribution in [0.3, 0.4) is 0 Å². The summed E-state index contributed by atoms with van der Waals surface area (Å²) in [6, 6.07) is 12.7. The molecule has 21 heavy (non-hydrogen) atoms. The molecule has 0 radical (unpaired) electrons. The fourth-order valence-corrected chi connectivity index (χ4v) is 1.99. The van der Waals surface area contributed by atoms with Crippen molar-refractivity contribution in [1.82, 2.24) is 0 Å². The molecule has 0 aliphatic heterocycles. The smallest absolute Gasteiger partial charge is 0.255 e. The maximum atomic E-state index is 12.3. The number of nitrogen functional groups attached to an aromatic ring is 1. The molecule has 110 valence electrons. The predicted molar refractivity (Wildman–Crippen MR) is 85.8 cm³/mol. The summed E-state index contributed by atoms with van der Waals surface area (Å²) in [4.78, 5) is 12.3. The number of rotatable bonds is 5. The fourth-order valence-electron chi connectivity index (χ4n) is 1.99. The van der Waals surface area contributed by atoms with Crippen LogP contribution in [-0.2, 0) is 0 Å². The van der Waals surface area contributed by atoms with Gasteiger partial charge in [0.2, 0.25) is 0 Å². The van der Waals surface area contributed by atoms with E-state index in [0.717, 1.165) is 12.0 Å². The number of nitrogens with two attached hydrogens (primary N) is 1. The molecule has 0 atom stereocenters. The maximum Gasteiger partial charge on any atom is 0.255 e. The van der Waals surface area contributed by atoms with Gasteiger partial charge >= 0.3 is 0 Å². The summed E-state index contributed by atoms with van der Waals surface area (Å²) >= 11 is 0. The highest BCUT2D eigenvalue weighted by molar-refractivity contribution is 6.06. The zero-order chi connectivity index (χ0) is 15.2. The van der Waals surface area contributed by atoms with E-state index < -0.39 is 0 Å². The number of hydrogen-bond acceptors (Lipinski definition) is 3. The number of nitrogens with one attached hydrogen (secondary N) is 1. The summed E-state index contributed by atoms with van der Waals surface area (Å²) in [7, 11) is 0. The van der Waals surface area contributed by atoms with Crippen molar-refractivity contribution in [1.29, 1.82) is 0 Å². The second-order valence-corrected chi connectivity index (χ2v) is 4.87. The van der Waals surface area contributed by atoms with Gasteiger partial charge in [0.1, 0.15) is 5.75 Å². The third-order valence-corrected chi connectivity index (χ3v) is 3.11. The van der Waals surface area contributed by atoms with E-state index in [-0.39, 0.29) is 5.91 Å². The van der Waals surface area contributed by atoms with Crippen molar-refractivity contribution in [2.24, 2.45) is 0 Å². The van der Waals surface area contributed by atoms with Gasteiger partial charge in [-0.3, -0.25) is 4.79 Å². The summed E-state index contributed by atoms with van der Waals surface area (Å²) < 4.78 is 5.54. The Hall–Kier alpha value is -2.49. The molecule has 0 unspecified atom stereocenters. The number of carbonyl (C=O) groups is 1. The SMILES string of the molecule is CCCOc1cccc(C(=O)Nc2c(C)cccc2N)c1. The molecule has 2 aromatic carbocycles. The van der Waals surface area contributed by atoms with Crippen molar-refractivity contribution in [3.05, 3.63) is 53.6 Å². The molecular weight excluding hydrogens is 264 g/mol. The number of carbonyl (C=O) groups excluding carboxylic acids is 1. The monoisotopic (exact) mass is 284 g/mol. The van der Waals surface area contributed by atoms with Crippen LogP contribution >= 0.6 is 0 Å². The second-order valence-electron chi connectivity index (χ2n) is 4.87. The zero-order valence-corrected chi connectivity index (χ0v) is 12.3. The first kappa shape index (κ1) is 14.9. The molecule has 2 aromatic rings. The molecule has 0 spiro atoms. The first-order valence-electron chi connectivity index (χ1n) is 7.01. The molecular formula is C17H20N2O2. The van der Waals surface area contributed by atoms with Gasteiger partial charge in [-0.2, -0.15) is 0 Å². The van der Waals surface area contributed by atoms with Crippen LogP contribution in [0.4, 0.5) is 11.4 Å². The van der Waals surface area contributed by atoms with Crippen LogP contribution in [-0.4, -0.2) is 12.5 Å². The van der Waals surface area contributed by atoms with Crippen LogP contribution in [0.15, 0.2) is 42.5 Å². The number of ether oxygens (including phenoxy) is 1. The number of amides is 1. The third-order valence-electron chi connectivity index (χ3n) is 3.11. The summed E-state index contributed by atoms with van der Waals surface area (Å²) in [5.74, 6) is 0.500. The fraction of sp³-hybridized carbons (Fsp3) is 0.235. The van der Waals surface area contributed by atoms with Gasteiger partial charge in [-0.15, -0.1) is 0 Å². The number of hydrogen-bond donors (Lipinski definition) is 2. The molecule has 0 bridgehead atoms. The van der Waals surface area contributed by atoms with Gasteiger partial charge in [-0.25, -0.2) is 0 Å². The van der Waals surface area contributed by atoms with Crippen molar-refractivity contribution >= 4 is 17.3 Å². The van der Waals surface area contributed by atoms with Crippen LogP contribution in [0.5, 0.6) is 5.75 Å². The summed E-state index contributed by atoms with van der Waals surface area (Å²) in [5, 5.41) is 2.86. The Labute approximate surface area is 124 Å². The van der Waals surface area contributed by atoms with Crippen LogP contribution in [0.25, 0.3) is 0 Å². The quantitative estimate of drug-likeness (QED) is 0.824. The Kier molecular flexibility index (Phi) is 4.82. The average Bonchev–Trinajstić information content (AvgIpc) is 2.49. The summed E-state index contributed by atoms with van der Waals surface area (Å²) in [5.41, 5.74) is 8.60. The van der Waals surface area contributed by atoms with Crippen LogP contribution in [0.2, 0.25) is 0 Å². The summed E-state index contributed by atoms with van der Waals surface area (Å²) in [6.45, 7) is 4.58. The first-order valence-corrected chi connectivity index (χ1v) is 7.01. The molecule has 0 heterocycles. The lowest BCUT2D eigenvalue weighted by Gasteiger charge is -2.12. The summed E-state index contributed by atoms with van der Waals surface area (Å²) in [6.07, 6.45) is 0.927. The van der Waals surface area contributed by atoms with E-state index in [1.165, 1.54) is 0 Å². The molecule has 4 heteroatoms. The van der Waals surface area contributed by atoms with Crippen molar-refractivity contribution < 1.29 is 9.53 Å². The lowest BCUT2D eigenvalue weighted by atomic mass is 10.1. The van der Waals surface area contributed by atoms with E-state index in [4.69, 9.17) is 10.5 Å². The Morgan fingerprint density at radius 1 is 1.24 bits per heavy atom. The van der Waals surface area contributed by atoms with Crippen LogP contribution in [0.1, 0.15) is 29.3 Å². The Morgan fingerprint density at radius 3 is 2.71 bits per heavy atom. The van der Waals surface area contributed by atoms with E-state index in [2.05, 4.69) is 5.32 Å². The maximum absolute atomic E-state index is 12.3. The van der Waals surface area contributed by atoms with Crippen LogP contribution < -0.4 is 15.8 Å². The lowest BCUT2D eigenvalue weighted by Crippen LogP contribution is -2.14. The molecule has 0 fully saturated rings. The molecule has 0 aromatic heterocycles. The van der Waals surface area contributed by atoms with Crippen molar-refractivity contribution in [2.45, 2.75) is 20.3 Å². The molecule has 1 amide bonds. The van der Waals surface area contributed by atoms with Gasteiger partial charge in [0, 0.05) is 5.56 Å². The van der Waals surface area contributed by atoms with E-state index in [1.54, 1.807) is 24.3 Å². The normalized spacial score (nSPS) is 10.2. The minimum Gasteiger partial charge on any atom is -0.494 e. The Balaban J connectivity index is 2.17. The predicted octanol–water partition coefficient (Wildman–Crippen LogP) is 3.62. The van der Waals surface area contributed by atoms with E-state index >= 15 is 0 Å². The molecule has 4 nitrogen and oxygen atoms in total. The highest BCUT2D eigenvalue weighted by Gasteiger charge is 2.10. The van der Waals surface area contributed by atoms with Crippen molar-refractivity contribution in [3.8, 4) is 5.75 Å². The Bertz CT molecular complexity index is 618. The van der Waals surface area contributed by atoms with Crippen LogP contribution in [0, 0.1) is 6.92 Å². The molecule has 3 N–H and O–H groups in total. The minimum atomic E-state index is -0.196. The van der Waals surface area contributed by atoms with E-state index in [9.17, 15) is 4.79 Å². The topological polar surface area (TPSA) is 64.3 Å². The van der Waals surface area contributed by atoms with Gasteiger partial charge in [-0.1, -0.05) is 25.1 Å². The second kappa shape index (κ2) is 6.79. The number of aryl methyl sites for hydroxylation is 1. The standard InChI is InChI=1S/C17H20N2O2/c1-3-10-21-14-8-5-7-13(11-14)17(20)19-16-12(2)6-4-9-15(16)18/h4-9,11H,3,10,18H2,1-2H3,(H,19,20). The molecule has 0 aliphatic carbocycles.